The summed E-state index contributed by atoms with van der Waals surface area (Å²) < 4.78 is 54.0. The number of nitrogens with zero attached hydrogens (tertiary/aromatic N) is 1. The molecule has 0 bridgehead atoms. The molecule has 2 unspecified atom stereocenters. The van der Waals surface area contributed by atoms with Gasteiger partial charge in [-0.25, -0.2) is 0 Å². The van der Waals surface area contributed by atoms with Crippen molar-refractivity contribution in [1.29, 1.82) is 0 Å². The lowest BCUT2D eigenvalue weighted by Crippen LogP contribution is -2.41. The fourth-order valence-electron chi connectivity index (χ4n) is 2.04. The van der Waals surface area contributed by atoms with Gasteiger partial charge in [-0.15, -0.1) is 4.72 Å². The minimum absolute atomic E-state index is 0.536. The SMILES string of the molecule is CC(C)(C)[S+]([O-])NC(c1ccc(C(F)(F)F)cc1)c1ncccc1Br. The topological polar surface area (TPSA) is 48.0 Å². The van der Waals surface area contributed by atoms with E-state index < -0.39 is 33.9 Å². The number of halogens is 4. The summed E-state index contributed by atoms with van der Waals surface area (Å²) in [6.07, 6.45) is -2.82. The molecular formula is C17H18BrF3N2OS. The maximum absolute atomic E-state index is 12.8. The largest absolute Gasteiger partial charge is 0.598 e. The zero-order valence-corrected chi connectivity index (χ0v) is 16.3. The van der Waals surface area contributed by atoms with Crippen molar-refractivity contribution in [3.63, 3.8) is 0 Å². The molecule has 0 spiro atoms. The van der Waals surface area contributed by atoms with Crippen LogP contribution in [0.25, 0.3) is 0 Å². The van der Waals surface area contributed by atoms with Crippen molar-refractivity contribution < 1.29 is 17.7 Å². The van der Waals surface area contributed by atoms with Crippen molar-refractivity contribution in [1.82, 2.24) is 9.71 Å². The highest BCUT2D eigenvalue weighted by molar-refractivity contribution is 9.10. The normalized spacial score (nSPS) is 15.0. The van der Waals surface area contributed by atoms with E-state index in [2.05, 4.69) is 25.6 Å². The molecule has 0 saturated carbocycles. The van der Waals surface area contributed by atoms with E-state index in [9.17, 15) is 17.7 Å². The van der Waals surface area contributed by atoms with E-state index in [0.29, 0.717) is 15.7 Å². The van der Waals surface area contributed by atoms with Crippen LogP contribution in [0, 0.1) is 0 Å². The third kappa shape index (κ3) is 5.20. The molecule has 1 aromatic carbocycles. The molecule has 0 aliphatic carbocycles. The lowest BCUT2D eigenvalue weighted by molar-refractivity contribution is -0.137. The van der Waals surface area contributed by atoms with Crippen molar-refractivity contribution in [2.75, 3.05) is 0 Å². The third-order valence-electron chi connectivity index (χ3n) is 3.41. The van der Waals surface area contributed by atoms with Crippen LogP contribution in [0.3, 0.4) is 0 Å². The highest BCUT2D eigenvalue weighted by Crippen LogP contribution is 2.33. The number of pyridine rings is 1. The number of hydrogen-bond acceptors (Lipinski definition) is 3. The number of rotatable bonds is 4. The van der Waals surface area contributed by atoms with Gasteiger partial charge >= 0.3 is 6.18 Å². The minimum Gasteiger partial charge on any atom is -0.598 e. The van der Waals surface area contributed by atoms with Gasteiger partial charge in [0.2, 0.25) is 0 Å². The molecule has 3 nitrogen and oxygen atoms in total. The van der Waals surface area contributed by atoms with Gasteiger partial charge in [-0.2, -0.15) is 13.2 Å². The van der Waals surface area contributed by atoms with E-state index in [1.165, 1.54) is 12.1 Å². The summed E-state index contributed by atoms with van der Waals surface area (Å²) in [4.78, 5) is 4.30. The summed E-state index contributed by atoms with van der Waals surface area (Å²) in [5.41, 5.74) is 0.372. The van der Waals surface area contributed by atoms with Crippen LogP contribution < -0.4 is 4.72 Å². The molecule has 8 heteroatoms. The maximum Gasteiger partial charge on any atom is 0.416 e. The summed E-state index contributed by atoms with van der Waals surface area (Å²) in [5, 5.41) is 0. The molecule has 0 fully saturated rings. The van der Waals surface area contributed by atoms with E-state index in [0.717, 1.165) is 12.1 Å². The first-order chi connectivity index (χ1) is 11.5. The predicted octanol–water partition coefficient (Wildman–Crippen LogP) is 5.00. The molecule has 2 atom stereocenters. The second-order valence-electron chi connectivity index (χ2n) is 6.42. The van der Waals surface area contributed by atoms with Crippen LogP contribution in [-0.2, 0) is 17.5 Å². The average molecular weight is 435 g/mol. The van der Waals surface area contributed by atoms with Crippen LogP contribution in [0.5, 0.6) is 0 Å². The first-order valence-electron chi connectivity index (χ1n) is 7.46. The van der Waals surface area contributed by atoms with Crippen LogP contribution in [0.4, 0.5) is 13.2 Å². The average Bonchev–Trinajstić information content (AvgIpc) is 2.51. The van der Waals surface area contributed by atoms with Crippen LogP contribution in [0.15, 0.2) is 47.1 Å². The molecule has 0 radical (unpaired) electrons. The zero-order chi connectivity index (χ0) is 18.8. The van der Waals surface area contributed by atoms with Crippen molar-refractivity contribution in [2.45, 2.75) is 37.7 Å². The van der Waals surface area contributed by atoms with Crippen LogP contribution in [-0.4, -0.2) is 14.3 Å². The fraction of sp³-hybridized carbons (Fsp3) is 0.353. The Hall–Kier alpha value is -1.09. The smallest absolute Gasteiger partial charge is 0.416 e. The number of alkyl halides is 3. The van der Waals surface area contributed by atoms with Crippen LogP contribution in [0.2, 0.25) is 0 Å². The number of aromatic nitrogens is 1. The van der Waals surface area contributed by atoms with Gasteiger partial charge < -0.3 is 4.55 Å². The van der Waals surface area contributed by atoms with Crippen molar-refractivity contribution >= 4 is 27.3 Å². The van der Waals surface area contributed by atoms with Crippen molar-refractivity contribution in [2.24, 2.45) is 0 Å². The Labute approximate surface area is 156 Å². The van der Waals surface area contributed by atoms with E-state index in [4.69, 9.17) is 0 Å². The lowest BCUT2D eigenvalue weighted by Gasteiger charge is -2.28. The Morgan fingerprint density at radius 2 is 1.72 bits per heavy atom. The molecular weight excluding hydrogens is 417 g/mol. The first kappa shape index (κ1) is 20.2. The number of benzene rings is 1. The van der Waals surface area contributed by atoms with E-state index >= 15 is 0 Å². The van der Waals surface area contributed by atoms with Gasteiger partial charge in [0, 0.05) is 22.0 Å². The highest BCUT2D eigenvalue weighted by atomic mass is 79.9. The van der Waals surface area contributed by atoms with Crippen molar-refractivity contribution in [3.8, 4) is 0 Å². The van der Waals surface area contributed by atoms with Gasteiger partial charge in [-0.1, -0.05) is 12.1 Å². The Morgan fingerprint density at radius 1 is 1.12 bits per heavy atom. The Morgan fingerprint density at radius 3 is 2.20 bits per heavy atom. The Bertz CT molecular complexity index is 717. The van der Waals surface area contributed by atoms with Crippen LogP contribution in [0.1, 0.15) is 43.6 Å². The minimum atomic E-state index is -4.40. The van der Waals surface area contributed by atoms with E-state index in [1.807, 2.05) is 20.8 Å². The van der Waals surface area contributed by atoms with Crippen LogP contribution >= 0.6 is 15.9 Å². The molecule has 1 N–H and O–H groups in total. The van der Waals surface area contributed by atoms with Gasteiger partial charge in [0.05, 0.1) is 11.3 Å². The molecule has 136 valence electrons. The second-order valence-corrected chi connectivity index (χ2v) is 9.27. The maximum atomic E-state index is 12.8. The molecule has 2 aromatic rings. The molecule has 25 heavy (non-hydrogen) atoms. The molecule has 1 heterocycles. The highest BCUT2D eigenvalue weighted by Gasteiger charge is 2.33. The molecule has 2 rings (SSSR count). The summed E-state index contributed by atoms with van der Waals surface area (Å²) in [7, 11) is 0. The first-order valence-corrected chi connectivity index (χ1v) is 9.40. The molecule has 0 aliphatic heterocycles. The summed E-state index contributed by atoms with van der Waals surface area (Å²) in [6, 6.07) is 7.68. The standard InChI is InChI=1S/C17H18BrF3N2OS/c1-16(2,3)25(24)23-14(15-13(18)5-4-10-22-15)11-6-8-12(9-7-11)17(19,20)21/h4-10,14,23H,1-3H3. The Kier molecular flexibility index (Phi) is 6.19. The molecule has 0 aliphatic rings. The van der Waals surface area contributed by atoms with E-state index in [1.54, 1.807) is 18.3 Å². The van der Waals surface area contributed by atoms with Crippen molar-refractivity contribution in [3.05, 3.63) is 63.9 Å². The van der Waals surface area contributed by atoms with Gasteiger partial charge in [0.25, 0.3) is 0 Å². The van der Waals surface area contributed by atoms with E-state index in [-0.39, 0.29) is 0 Å². The van der Waals surface area contributed by atoms with Gasteiger partial charge in [-0.05, 0) is 66.5 Å². The molecule has 0 amide bonds. The predicted molar refractivity (Wildman–Crippen MR) is 96.3 cm³/mol. The van der Waals surface area contributed by atoms with Gasteiger partial charge in [0.15, 0.2) is 0 Å². The second kappa shape index (κ2) is 7.65. The van der Waals surface area contributed by atoms with Gasteiger partial charge in [0.1, 0.15) is 10.8 Å². The lowest BCUT2D eigenvalue weighted by atomic mass is 10.0. The number of nitrogens with one attached hydrogen (secondary N) is 1. The molecule has 0 saturated heterocycles. The third-order valence-corrected chi connectivity index (χ3v) is 5.65. The quantitative estimate of drug-likeness (QED) is 0.688. The summed E-state index contributed by atoms with van der Waals surface area (Å²) >= 11 is 1.97. The Balaban J connectivity index is 2.43. The monoisotopic (exact) mass is 434 g/mol. The summed E-state index contributed by atoms with van der Waals surface area (Å²) in [5.74, 6) is 0. The fourth-order valence-corrected chi connectivity index (χ4v) is 3.34. The van der Waals surface area contributed by atoms with Gasteiger partial charge in [-0.3, -0.25) is 4.98 Å². The summed E-state index contributed by atoms with van der Waals surface area (Å²) in [6.45, 7) is 5.44. The zero-order valence-electron chi connectivity index (χ0n) is 13.9. The number of hydrogen-bond donors (Lipinski definition) is 1. The molecule has 1 aromatic heterocycles.